The summed E-state index contributed by atoms with van der Waals surface area (Å²) in [6.45, 7) is 0.472. The summed E-state index contributed by atoms with van der Waals surface area (Å²) in [5.41, 5.74) is 2.60. The molecule has 1 fully saturated rings. The highest BCUT2D eigenvalue weighted by molar-refractivity contribution is 6.30. The Bertz CT molecular complexity index is 1000. The summed E-state index contributed by atoms with van der Waals surface area (Å²) < 4.78 is 15.1. The van der Waals surface area contributed by atoms with Gasteiger partial charge >= 0.3 is 0 Å². The predicted molar refractivity (Wildman–Crippen MR) is 106 cm³/mol. The summed E-state index contributed by atoms with van der Waals surface area (Å²) in [4.78, 5) is 17.3. The van der Waals surface area contributed by atoms with Crippen LogP contribution in [0.2, 0.25) is 5.15 Å². The number of carbonyl (C=O) groups excluding carboxylic acids is 1. The molecule has 1 amide bonds. The van der Waals surface area contributed by atoms with Crippen molar-refractivity contribution >= 4 is 28.5 Å². The number of carbonyl (C=O) groups is 1. The van der Waals surface area contributed by atoms with E-state index in [1.165, 1.54) is 12.1 Å². The number of amides is 1. The largest absolute Gasteiger partial charge is 0.391 e. The van der Waals surface area contributed by atoms with E-state index in [1.54, 1.807) is 24.4 Å². The summed E-state index contributed by atoms with van der Waals surface area (Å²) >= 11 is 6.06. The van der Waals surface area contributed by atoms with Crippen LogP contribution in [0.1, 0.15) is 41.6 Å². The molecule has 146 valence electrons. The molecule has 28 heavy (non-hydrogen) atoms. The lowest BCUT2D eigenvalue weighted by Gasteiger charge is -2.28. The molecule has 2 heterocycles. The van der Waals surface area contributed by atoms with E-state index in [0.29, 0.717) is 29.2 Å². The summed E-state index contributed by atoms with van der Waals surface area (Å²) in [5, 5.41) is 13.4. The summed E-state index contributed by atoms with van der Waals surface area (Å²) in [5.74, 6) is -0.566. The first-order valence-electron chi connectivity index (χ1n) is 9.40. The van der Waals surface area contributed by atoms with Crippen LogP contribution in [-0.2, 0) is 6.54 Å². The minimum Gasteiger partial charge on any atom is -0.391 e. The molecule has 0 saturated heterocycles. The van der Waals surface area contributed by atoms with Crippen LogP contribution in [0.5, 0.6) is 0 Å². The highest BCUT2D eigenvalue weighted by Gasteiger charge is 2.26. The average molecular weight is 402 g/mol. The fourth-order valence-corrected chi connectivity index (χ4v) is 3.90. The van der Waals surface area contributed by atoms with Crippen molar-refractivity contribution in [2.24, 2.45) is 0 Å². The van der Waals surface area contributed by atoms with Crippen molar-refractivity contribution in [1.82, 2.24) is 14.9 Å². The van der Waals surface area contributed by atoms with Crippen molar-refractivity contribution in [3.8, 4) is 0 Å². The molecular formula is C21H21ClFN3O2. The monoisotopic (exact) mass is 401 g/mol. The number of hydrogen-bond donors (Lipinski definition) is 2. The molecular weight excluding hydrogens is 381 g/mol. The summed E-state index contributed by atoms with van der Waals surface area (Å²) in [6.07, 6.45) is 4.63. The van der Waals surface area contributed by atoms with Gasteiger partial charge in [-0.2, -0.15) is 0 Å². The van der Waals surface area contributed by atoms with Crippen LogP contribution in [0, 0.1) is 5.82 Å². The normalized spacial score (nSPS) is 19.7. The third-order valence-electron chi connectivity index (χ3n) is 5.25. The van der Waals surface area contributed by atoms with Gasteiger partial charge in [-0.05, 0) is 42.7 Å². The molecule has 2 aromatic heterocycles. The molecule has 1 unspecified atom stereocenters. The quantitative estimate of drug-likeness (QED) is 0.651. The van der Waals surface area contributed by atoms with Crippen LogP contribution in [0.15, 0.2) is 42.6 Å². The second-order valence-electron chi connectivity index (χ2n) is 7.23. The molecule has 1 aliphatic rings. The van der Waals surface area contributed by atoms with Gasteiger partial charge in [0.2, 0.25) is 0 Å². The Morgan fingerprint density at radius 1 is 1.21 bits per heavy atom. The van der Waals surface area contributed by atoms with E-state index in [1.807, 2.05) is 10.6 Å². The SMILES string of the molecule is O=C(NC1CCCC[C@@H]1O)c1cn(Cc2ccc(F)cc2)c2ccc(Cl)nc12. The maximum atomic E-state index is 13.2. The van der Waals surface area contributed by atoms with Gasteiger partial charge in [0, 0.05) is 12.7 Å². The van der Waals surface area contributed by atoms with Crippen molar-refractivity contribution < 1.29 is 14.3 Å². The van der Waals surface area contributed by atoms with E-state index in [9.17, 15) is 14.3 Å². The molecule has 5 nitrogen and oxygen atoms in total. The van der Waals surface area contributed by atoms with Gasteiger partial charge in [0.05, 0.1) is 23.2 Å². The van der Waals surface area contributed by atoms with Crippen LogP contribution >= 0.6 is 11.6 Å². The van der Waals surface area contributed by atoms with Crippen molar-refractivity contribution in [3.63, 3.8) is 0 Å². The Morgan fingerprint density at radius 2 is 1.96 bits per heavy atom. The molecule has 1 saturated carbocycles. The number of aromatic nitrogens is 2. The molecule has 1 aromatic carbocycles. The molecule has 7 heteroatoms. The lowest BCUT2D eigenvalue weighted by atomic mass is 9.92. The van der Waals surface area contributed by atoms with Crippen LogP contribution in [-0.4, -0.2) is 32.7 Å². The van der Waals surface area contributed by atoms with Gasteiger partial charge in [-0.25, -0.2) is 9.37 Å². The molecule has 0 bridgehead atoms. The maximum Gasteiger partial charge on any atom is 0.255 e. The van der Waals surface area contributed by atoms with Gasteiger partial charge in [0.15, 0.2) is 0 Å². The standard InChI is InChI=1S/C21H21ClFN3O2/c22-19-10-9-17-20(25-19)15(21(28)24-16-3-1-2-4-18(16)27)12-26(17)11-13-5-7-14(23)8-6-13/h5-10,12,16,18,27H,1-4,11H2,(H,24,28)/t16?,18-/m0/s1. The van der Waals surface area contributed by atoms with Crippen LogP contribution in [0.3, 0.4) is 0 Å². The zero-order valence-corrected chi connectivity index (χ0v) is 16.0. The van der Waals surface area contributed by atoms with Crippen molar-refractivity contribution in [1.29, 1.82) is 0 Å². The van der Waals surface area contributed by atoms with Crippen LogP contribution in [0.4, 0.5) is 4.39 Å². The zero-order valence-electron chi connectivity index (χ0n) is 15.2. The number of halogens is 2. The number of fused-ring (bicyclic) bond motifs is 1. The van der Waals surface area contributed by atoms with Gasteiger partial charge in [-0.15, -0.1) is 0 Å². The third kappa shape index (κ3) is 3.88. The van der Waals surface area contributed by atoms with Gasteiger partial charge in [-0.1, -0.05) is 36.6 Å². The Morgan fingerprint density at radius 3 is 2.71 bits per heavy atom. The fourth-order valence-electron chi connectivity index (χ4n) is 3.75. The first-order valence-corrected chi connectivity index (χ1v) is 9.78. The lowest BCUT2D eigenvalue weighted by molar-refractivity contribution is 0.0718. The van der Waals surface area contributed by atoms with Gasteiger partial charge < -0.3 is 15.0 Å². The molecule has 2 N–H and O–H groups in total. The van der Waals surface area contributed by atoms with Crippen LogP contribution < -0.4 is 5.32 Å². The number of nitrogens with zero attached hydrogens (tertiary/aromatic N) is 2. The number of pyridine rings is 1. The Labute approximate surface area is 167 Å². The molecule has 0 radical (unpaired) electrons. The first-order chi connectivity index (χ1) is 13.5. The highest BCUT2D eigenvalue weighted by Crippen LogP contribution is 2.24. The van der Waals surface area contributed by atoms with E-state index in [4.69, 9.17) is 11.6 Å². The van der Waals surface area contributed by atoms with E-state index in [0.717, 1.165) is 30.3 Å². The number of nitrogens with one attached hydrogen (secondary N) is 1. The number of aliphatic hydroxyl groups excluding tert-OH is 1. The molecule has 0 aliphatic heterocycles. The van der Waals surface area contributed by atoms with Crippen molar-refractivity contribution in [2.75, 3.05) is 0 Å². The van der Waals surface area contributed by atoms with E-state index in [2.05, 4.69) is 10.3 Å². The molecule has 1 aliphatic carbocycles. The number of aliphatic hydroxyl groups is 1. The first kappa shape index (κ1) is 18.9. The van der Waals surface area contributed by atoms with E-state index in [-0.39, 0.29) is 17.8 Å². The minimum atomic E-state index is -0.526. The van der Waals surface area contributed by atoms with Gasteiger partial charge in [-0.3, -0.25) is 4.79 Å². The van der Waals surface area contributed by atoms with E-state index >= 15 is 0 Å². The molecule has 4 rings (SSSR count). The smallest absolute Gasteiger partial charge is 0.255 e. The highest BCUT2D eigenvalue weighted by atomic mass is 35.5. The topological polar surface area (TPSA) is 67.2 Å². The molecule has 3 aromatic rings. The fraction of sp³-hybridized carbons (Fsp3) is 0.333. The Hall–Kier alpha value is -2.44. The minimum absolute atomic E-state index is 0.254. The summed E-state index contributed by atoms with van der Waals surface area (Å²) in [6, 6.07) is 9.49. The number of benzene rings is 1. The maximum absolute atomic E-state index is 13.2. The van der Waals surface area contributed by atoms with Crippen LogP contribution in [0.25, 0.3) is 11.0 Å². The Kier molecular flexibility index (Phi) is 5.33. The van der Waals surface area contributed by atoms with Crippen molar-refractivity contribution in [3.05, 3.63) is 64.7 Å². The second kappa shape index (κ2) is 7.89. The second-order valence-corrected chi connectivity index (χ2v) is 7.62. The van der Waals surface area contributed by atoms with E-state index < -0.39 is 6.10 Å². The third-order valence-corrected chi connectivity index (χ3v) is 5.46. The van der Waals surface area contributed by atoms with Crippen molar-refractivity contribution in [2.45, 2.75) is 44.4 Å². The predicted octanol–water partition coefficient (Wildman–Crippen LogP) is 3.91. The lowest BCUT2D eigenvalue weighted by Crippen LogP contribution is -2.45. The number of hydrogen-bond acceptors (Lipinski definition) is 3. The zero-order chi connectivity index (χ0) is 19.7. The van der Waals surface area contributed by atoms with Gasteiger partial charge in [0.25, 0.3) is 5.91 Å². The summed E-state index contributed by atoms with van der Waals surface area (Å²) in [7, 11) is 0. The number of rotatable bonds is 4. The molecule has 2 atom stereocenters. The molecule has 0 spiro atoms. The average Bonchev–Trinajstić information content (AvgIpc) is 3.03. The Balaban J connectivity index is 1.66. The van der Waals surface area contributed by atoms with Gasteiger partial charge in [0.1, 0.15) is 16.5 Å².